The van der Waals surface area contributed by atoms with Crippen molar-refractivity contribution < 1.29 is 24.1 Å². The fourth-order valence-corrected chi connectivity index (χ4v) is 4.97. The number of nitrogens with zero attached hydrogens (tertiary/aromatic N) is 2. The summed E-state index contributed by atoms with van der Waals surface area (Å²) >= 11 is 1.17. The third-order valence-corrected chi connectivity index (χ3v) is 6.91. The molecule has 3 aromatic rings. The molecule has 10 heteroatoms. The van der Waals surface area contributed by atoms with Crippen molar-refractivity contribution in [3.63, 3.8) is 0 Å². The fraction of sp³-hybridized carbons (Fsp3) is 0.480. The summed E-state index contributed by atoms with van der Waals surface area (Å²) in [5, 5.41) is 11.0. The fourth-order valence-electron chi connectivity index (χ4n) is 3.89. The zero-order valence-corrected chi connectivity index (χ0v) is 21.2. The molecular formula is C25H31N3O6S. The Hall–Kier alpha value is -2.95. The molecule has 1 aromatic carbocycles. The maximum Gasteiger partial charge on any atom is 0.348 e. The van der Waals surface area contributed by atoms with E-state index in [1.807, 2.05) is 0 Å². The second-order valence-electron chi connectivity index (χ2n) is 9.00. The summed E-state index contributed by atoms with van der Waals surface area (Å²) in [6.07, 6.45) is 1.10. The summed E-state index contributed by atoms with van der Waals surface area (Å²) in [7, 11) is 1.60. The van der Waals surface area contributed by atoms with Crippen molar-refractivity contribution in [2.75, 3.05) is 20.3 Å². The predicted molar refractivity (Wildman–Crippen MR) is 133 cm³/mol. The Kier molecular flexibility index (Phi) is 7.73. The molecule has 0 aliphatic heterocycles. The van der Waals surface area contributed by atoms with Crippen LogP contribution in [0.4, 0.5) is 0 Å². The van der Waals surface area contributed by atoms with Crippen molar-refractivity contribution in [3.05, 3.63) is 50.9 Å². The Morgan fingerprint density at radius 1 is 1.26 bits per heavy atom. The van der Waals surface area contributed by atoms with Gasteiger partial charge in [0.05, 0.1) is 25.1 Å². The predicted octanol–water partition coefficient (Wildman–Crippen LogP) is 3.27. The minimum atomic E-state index is -0.713. The molecule has 2 heterocycles. The number of H-pyrrole nitrogens is 1. The summed E-state index contributed by atoms with van der Waals surface area (Å²) in [5.41, 5.74) is 0.308. The van der Waals surface area contributed by atoms with Gasteiger partial charge in [0.15, 0.2) is 0 Å². The van der Waals surface area contributed by atoms with Crippen LogP contribution in [0.5, 0.6) is 11.5 Å². The quantitative estimate of drug-likeness (QED) is 0.385. The van der Waals surface area contributed by atoms with Gasteiger partial charge in [0, 0.05) is 12.6 Å². The Balaban J connectivity index is 1.44. The number of nitrogens with one attached hydrogen (secondary N) is 1. The van der Waals surface area contributed by atoms with Gasteiger partial charge in [0.2, 0.25) is 0 Å². The van der Waals surface area contributed by atoms with E-state index in [0.717, 1.165) is 18.6 Å². The second-order valence-corrected chi connectivity index (χ2v) is 10.0. The highest BCUT2D eigenvalue weighted by Crippen LogP contribution is 2.30. The van der Waals surface area contributed by atoms with Gasteiger partial charge in [0.25, 0.3) is 5.56 Å². The van der Waals surface area contributed by atoms with Crippen LogP contribution in [0.2, 0.25) is 0 Å². The van der Waals surface area contributed by atoms with E-state index in [0.29, 0.717) is 51.4 Å². The largest absolute Gasteiger partial charge is 0.497 e. The zero-order valence-electron chi connectivity index (χ0n) is 20.4. The van der Waals surface area contributed by atoms with E-state index < -0.39 is 12.1 Å². The minimum Gasteiger partial charge on any atom is -0.497 e. The maximum absolute atomic E-state index is 12.8. The minimum absolute atomic E-state index is 0.143. The SMILES string of the molecule is COc1ccc(OC[C@H](O)CN(Cc2nc3sc(C(=O)OC(C)C)c(C)c3c(=O)[nH]2)C2CC2)cc1. The molecule has 0 amide bonds. The maximum atomic E-state index is 12.8. The lowest BCUT2D eigenvalue weighted by molar-refractivity contribution is 0.0383. The van der Waals surface area contributed by atoms with Gasteiger partial charge in [-0.05, 0) is 63.4 Å². The van der Waals surface area contributed by atoms with Gasteiger partial charge >= 0.3 is 5.97 Å². The van der Waals surface area contributed by atoms with Gasteiger partial charge in [-0.2, -0.15) is 0 Å². The van der Waals surface area contributed by atoms with Crippen LogP contribution >= 0.6 is 11.3 Å². The van der Waals surface area contributed by atoms with Gasteiger partial charge in [-0.3, -0.25) is 9.69 Å². The van der Waals surface area contributed by atoms with Gasteiger partial charge in [-0.25, -0.2) is 9.78 Å². The first-order valence-corrected chi connectivity index (χ1v) is 12.5. The van der Waals surface area contributed by atoms with E-state index >= 15 is 0 Å². The monoisotopic (exact) mass is 501 g/mol. The summed E-state index contributed by atoms with van der Waals surface area (Å²) in [4.78, 5) is 35.8. The number of rotatable bonds is 11. The van der Waals surface area contributed by atoms with Crippen LogP contribution in [0.3, 0.4) is 0 Å². The van der Waals surface area contributed by atoms with Crippen molar-refractivity contribution in [2.24, 2.45) is 0 Å². The van der Waals surface area contributed by atoms with Gasteiger partial charge in [0.1, 0.15) is 39.7 Å². The number of thiophene rings is 1. The molecule has 0 unspecified atom stereocenters. The van der Waals surface area contributed by atoms with Crippen LogP contribution in [-0.4, -0.2) is 64.5 Å². The van der Waals surface area contributed by atoms with Gasteiger partial charge in [-0.15, -0.1) is 11.3 Å². The molecule has 2 aromatic heterocycles. The average molecular weight is 502 g/mol. The van der Waals surface area contributed by atoms with Crippen LogP contribution in [0, 0.1) is 6.92 Å². The Labute approximate surface area is 207 Å². The number of ether oxygens (including phenoxy) is 3. The molecule has 2 N–H and O–H groups in total. The summed E-state index contributed by atoms with van der Waals surface area (Å²) in [6, 6.07) is 7.52. The number of aryl methyl sites for hydroxylation is 1. The molecule has 1 fully saturated rings. The summed E-state index contributed by atoms with van der Waals surface area (Å²) < 4.78 is 16.2. The lowest BCUT2D eigenvalue weighted by Gasteiger charge is -2.24. The number of fused-ring (bicyclic) bond motifs is 1. The average Bonchev–Trinajstić information content (AvgIpc) is 3.60. The van der Waals surface area contributed by atoms with Crippen molar-refractivity contribution in [1.82, 2.24) is 14.9 Å². The van der Waals surface area contributed by atoms with Crippen LogP contribution in [0.25, 0.3) is 10.2 Å². The Morgan fingerprint density at radius 3 is 2.57 bits per heavy atom. The van der Waals surface area contributed by atoms with Crippen molar-refractivity contribution >= 4 is 27.5 Å². The van der Waals surface area contributed by atoms with E-state index in [1.54, 1.807) is 52.1 Å². The topological polar surface area (TPSA) is 114 Å². The first-order chi connectivity index (χ1) is 16.7. The molecule has 1 aliphatic rings. The second kappa shape index (κ2) is 10.8. The third-order valence-electron chi connectivity index (χ3n) is 5.74. The molecule has 35 heavy (non-hydrogen) atoms. The first kappa shape index (κ1) is 25.2. The number of aliphatic hydroxyl groups is 1. The number of carbonyl (C=O) groups excluding carboxylic acids is 1. The molecule has 1 atom stereocenters. The standard InChI is InChI=1S/C25H31N3O6S/c1-14(2)34-25(31)22-15(3)21-23(30)26-20(27-24(21)35-22)12-28(16-5-6-16)11-17(29)13-33-19-9-7-18(32-4)8-10-19/h7-10,14,16-17,29H,5-6,11-13H2,1-4H3,(H,26,27,30)/t17-/m1/s1. The number of hydrogen-bond donors (Lipinski definition) is 2. The summed E-state index contributed by atoms with van der Waals surface area (Å²) in [6.45, 7) is 6.22. The Morgan fingerprint density at radius 2 is 1.94 bits per heavy atom. The number of methoxy groups -OCH3 is 1. The number of aromatic nitrogens is 2. The first-order valence-electron chi connectivity index (χ1n) is 11.7. The molecule has 1 saturated carbocycles. The van der Waals surface area contributed by atoms with E-state index in [-0.39, 0.29) is 18.3 Å². The smallest absolute Gasteiger partial charge is 0.348 e. The highest BCUT2D eigenvalue weighted by Gasteiger charge is 2.31. The van der Waals surface area contributed by atoms with Crippen LogP contribution in [0.1, 0.15) is 47.7 Å². The molecule has 188 valence electrons. The number of aliphatic hydroxyl groups excluding tert-OH is 1. The summed E-state index contributed by atoms with van der Waals surface area (Å²) in [5.74, 6) is 1.45. The van der Waals surface area contributed by atoms with E-state index in [9.17, 15) is 14.7 Å². The molecule has 0 bridgehead atoms. The highest BCUT2D eigenvalue weighted by atomic mass is 32.1. The molecule has 1 aliphatic carbocycles. The molecule has 0 spiro atoms. The van der Waals surface area contributed by atoms with Crippen molar-refractivity contribution in [1.29, 1.82) is 0 Å². The lowest BCUT2D eigenvalue weighted by atomic mass is 10.2. The van der Waals surface area contributed by atoms with E-state index in [1.165, 1.54) is 11.3 Å². The van der Waals surface area contributed by atoms with Crippen LogP contribution in [-0.2, 0) is 11.3 Å². The molecule has 9 nitrogen and oxygen atoms in total. The third kappa shape index (κ3) is 6.19. The van der Waals surface area contributed by atoms with Gasteiger partial charge < -0.3 is 24.3 Å². The van der Waals surface area contributed by atoms with Crippen LogP contribution < -0.4 is 15.0 Å². The zero-order chi connectivity index (χ0) is 25.1. The number of hydrogen-bond acceptors (Lipinski definition) is 9. The molecule has 0 saturated heterocycles. The van der Waals surface area contributed by atoms with Crippen LogP contribution in [0.15, 0.2) is 29.1 Å². The lowest BCUT2D eigenvalue weighted by Crippen LogP contribution is -2.37. The number of aromatic amines is 1. The Bertz CT molecular complexity index is 1230. The van der Waals surface area contributed by atoms with Gasteiger partial charge in [-0.1, -0.05) is 0 Å². The van der Waals surface area contributed by atoms with E-state index in [4.69, 9.17) is 14.2 Å². The number of esters is 1. The number of carbonyl (C=O) groups is 1. The van der Waals surface area contributed by atoms with E-state index in [2.05, 4.69) is 14.9 Å². The molecule has 0 radical (unpaired) electrons. The molecule has 4 rings (SSSR count). The van der Waals surface area contributed by atoms with Crippen molar-refractivity contribution in [3.8, 4) is 11.5 Å². The molecular weight excluding hydrogens is 470 g/mol. The van der Waals surface area contributed by atoms with Crippen molar-refractivity contribution in [2.45, 2.75) is 58.4 Å². The number of benzene rings is 1. The highest BCUT2D eigenvalue weighted by molar-refractivity contribution is 7.20. The normalized spacial score (nSPS) is 14.5.